The van der Waals surface area contributed by atoms with Crippen molar-refractivity contribution < 1.29 is 16.8 Å². The second kappa shape index (κ2) is 8.74. The van der Waals surface area contributed by atoms with Gasteiger partial charge in [-0.3, -0.25) is 0 Å². The maximum atomic E-state index is 13.3. The molecule has 6 nitrogen and oxygen atoms in total. The number of nitrogens with zero attached hydrogens (tertiary/aromatic N) is 2. The van der Waals surface area contributed by atoms with Gasteiger partial charge in [-0.25, -0.2) is 26.8 Å². The second-order valence-electron chi connectivity index (χ2n) is 5.81. The Labute approximate surface area is 182 Å². The molecule has 0 bridgehead atoms. The third kappa shape index (κ3) is 4.75. The number of benzene rings is 2. The summed E-state index contributed by atoms with van der Waals surface area (Å²) in [7, 11) is -8.76. The molecule has 0 aliphatic carbocycles. The van der Waals surface area contributed by atoms with Gasteiger partial charge in [0.2, 0.25) is 24.3 Å². The Kier molecular flexibility index (Phi) is 6.52. The Morgan fingerprint density at radius 2 is 1.55 bits per heavy atom. The van der Waals surface area contributed by atoms with E-state index in [0.29, 0.717) is 4.47 Å². The monoisotopic (exact) mass is 512 g/mol. The molecule has 1 unspecified atom stereocenters. The Morgan fingerprint density at radius 1 is 0.897 bits per heavy atom. The average Bonchev–Trinajstić information content (AvgIpc) is 2.70. The molecule has 0 N–H and O–H groups in total. The second-order valence-corrected chi connectivity index (χ2v) is 11.5. The van der Waals surface area contributed by atoms with Gasteiger partial charge < -0.3 is 0 Å². The predicted octanol–water partition coefficient (Wildman–Crippen LogP) is 4.47. The zero-order chi connectivity index (χ0) is 21.1. The molecule has 1 aromatic heterocycles. The highest BCUT2D eigenvalue weighted by Gasteiger charge is 2.39. The first-order valence-corrected chi connectivity index (χ1v) is 12.4. The van der Waals surface area contributed by atoms with Crippen molar-refractivity contribution in [2.24, 2.45) is 4.99 Å². The van der Waals surface area contributed by atoms with Crippen LogP contribution in [0.15, 0.2) is 92.2 Å². The molecule has 0 radical (unpaired) electrons. The van der Waals surface area contributed by atoms with Crippen molar-refractivity contribution in [1.29, 1.82) is 0 Å². The van der Waals surface area contributed by atoms with Crippen LogP contribution in [0.25, 0.3) is 0 Å². The fourth-order valence-electron chi connectivity index (χ4n) is 2.45. The van der Waals surface area contributed by atoms with Gasteiger partial charge in [-0.15, -0.1) is 0 Å². The molecular formula is C19H14BrClN2O4S2. The van der Waals surface area contributed by atoms with Crippen molar-refractivity contribution in [1.82, 2.24) is 4.98 Å². The molecule has 0 aliphatic heterocycles. The van der Waals surface area contributed by atoms with E-state index in [1.54, 1.807) is 18.2 Å². The van der Waals surface area contributed by atoms with E-state index in [-0.39, 0.29) is 20.6 Å². The highest BCUT2D eigenvalue weighted by atomic mass is 79.9. The van der Waals surface area contributed by atoms with Crippen LogP contribution in [0.2, 0.25) is 5.02 Å². The van der Waals surface area contributed by atoms with E-state index in [9.17, 15) is 16.8 Å². The first kappa shape index (κ1) is 21.6. The summed E-state index contributed by atoms with van der Waals surface area (Å²) < 4.78 is 51.6. The highest BCUT2D eigenvalue weighted by molar-refractivity contribution is 9.10. The van der Waals surface area contributed by atoms with Crippen molar-refractivity contribution in [2.75, 3.05) is 0 Å². The zero-order valence-corrected chi connectivity index (χ0v) is 18.7. The first-order chi connectivity index (χ1) is 13.7. The van der Waals surface area contributed by atoms with E-state index < -0.39 is 24.3 Å². The number of hydrogen-bond donors (Lipinski definition) is 0. The lowest BCUT2D eigenvalue weighted by atomic mass is 10.4. The molecule has 10 heteroatoms. The van der Waals surface area contributed by atoms with Crippen molar-refractivity contribution in [2.45, 2.75) is 14.4 Å². The van der Waals surface area contributed by atoms with Gasteiger partial charge in [0.05, 0.1) is 14.8 Å². The lowest BCUT2D eigenvalue weighted by Gasteiger charge is -2.15. The molecule has 1 atom stereocenters. The summed E-state index contributed by atoms with van der Waals surface area (Å²) in [5.74, 6) is 0.163. The van der Waals surface area contributed by atoms with E-state index in [1.165, 1.54) is 54.7 Å². The van der Waals surface area contributed by atoms with E-state index >= 15 is 0 Å². The highest BCUT2D eigenvalue weighted by Crippen LogP contribution is 2.29. The largest absolute Gasteiger partial charge is 0.239 e. The fraction of sp³-hybridized carbons (Fsp3) is 0.0526. The predicted molar refractivity (Wildman–Crippen MR) is 116 cm³/mol. The fourth-order valence-corrected chi connectivity index (χ4v) is 7.23. The summed E-state index contributed by atoms with van der Waals surface area (Å²) in [6.07, 6.45) is 2.34. The molecule has 0 amide bonds. The maximum Gasteiger partial charge on any atom is 0.206 e. The summed E-state index contributed by atoms with van der Waals surface area (Å²) in [5, 5.41) is -0.0732. The topological polar surface area (TPSA) is 93.5 Å². The number of pyridine rings is 1. The van der Waals surface area contributed by atoms with Crippen LogP contribution in [0, 0.1) is 0 Å². The number of hydrogen-bond acceptors (Lipinski definition) is 6. The lowest BCUT2D eigenvalue weighted by molar-refractivity contribution is 0.584. The van der Waals surface area contributed by atoms with Crippen LogP contribution in [0.5, 0.6) is 0 Å². The van der Waals surface area contributed by atoms with Crippen molar-refractivity contribution in [3.8, 4) is 0 Å². The van der Waals surface area contributed by atoms with Crippen LogP contribution >= 0.6 is 27.5 Å². The molecule has 150 valence electrons. The van der Waals surface area contributed by atoms with Crippen LogP contribution < -0.4 is 0 Å². The van der Waals surface area contributed by atoms with Crippen LogP contribution in [-0.4, -0.2) is 32.6 Å². The summed E-state index contributed by atoms with van der Waals surface area (Å²) in [4.78, 5) is 7.59. The number of aromatic nitrogens is 1. The Morgan fingerprint density at radius 3 is 2.17 bits per heavy atom. The van der Waals surface area contributed by atoms with Gasteiger partial charge in [0, 0.05) is 16.9 Å². The van der Waals surface area contributed by atoms with Gasteiger partial charge in [-0.05, 0) is 52.3 Å². The van der Waals surface area contributed by atoms with Gasteiger partial charge in [-0.2, -0.15) is 0 Å². The van der Waals surface area contributed by atoms with Gasteiger partial charge in [0.15, 0.2) is 5.82 Å². The maximum absolute atomic E-state index is 13.3. The minimum Gasteiger partial charge on any atom is -0.239 e. The van der Waals surface area contributed by atoms with Crippen molar-refractivity contribution in [3.63, 3.8) is 0 Å². The molecule has 1 heterocycles. The standard InChI is InChI=1S/C19H14BrClN2O4S2/c20-14-10-11-18(22-12-14)23-13-19(28(24,25)15-6-2-1-3-7-15)29(26,27)17-9-5-4-8-16(17)21/h1-13,19H. The first-order valence-electron chi connectivity index (χ1n) is 8.16. The van der Waals surface area contributed by atoms with Crippen LogP contribution in [0.1, 0.15) is 0 Å². The molecule has 0 saturated carbocycles. The third-order valence-corrected chi connectivity index (χ3v) is 9.66. The molecule has 0 aliphatic rings. The number of halogens is 2. The number of aliphatic imine (C=N–C) groups is 1. The number of sulfone groups is 2. The molecule has 3 aromatic rings. The van der Waals surface area contributed by atoms with Crippen LogP contribution in [-0.2, 0) is 19.7 Å². The minimum atomic E-state index is -4.42. The zero-order valence-electron chi connectivity index (χ0n) is 14.7. The van der Waals surface area contributed by atoms with Gasteiger partial charge in [-0.1, -0.05) is 41.9 Å². The summed E-state index contributed by atoms with van der Waals surface area (Å²) in [6, 6.07) is 16.2. The Hall–Kier alpha value is -2.07. The third-order valence-electron chi connectivity index (χ3n) is 3.87. The van der Waals surface area contributed by atoms with E-state index in [4.69, 9.17) is 11.6 Å². The summed E-state index contributed by atoms with van der Waals surface area (Å²) >= 11 is 9.28. The molecular weight excluding hydrogens is 500 g/mol. The lowest BCUT2D eigenvalue weighted by Crippen LogP contribution is -2.32. The summed E-state index contributed by atoms with van der Waals surface area (Å²) in [5.41, 5.74) is 0. The molecule has 29 heavy (non-hydrogen) atoms. The summed E-state index contributed by atoms with van der Waals surface area (Å²) in [6.45, 7) is 0. The van der Waals surface area contributed by atoms with E-state index in [1.807, 2.05) is 0 Å². The molecule has 0 saturated heterocycles. The SMILES string of the molecule is O=S(=O)(c1ccccc1)C(C=Nc1ccc(Br)cn1)S(=O)(=O)c1ccccc1Cl. The van der Waals surface area contributed by atoms with Gasteiger partial charge in [0.1, 0.15) is 0 Å². The molecule has 3 rings (SSSR count). The van der Waals surface area contributed by atoms with E-state index in [2.05, 4.69) is 25.9 Å². The van der Waals surface area contributed by atoms with Crippen molar-refractivity contribution in [3.05, 3.63) is 82.4 Å². The average molecular weight is 514 g/mol. The number of rotatable bonds is 6. The quantitative estimate of drug-likeness (QED) is 0.453. The smallest absolute Gasteiger partial charge is 0.206 e. The van der Waals surface area contributed by atoms with Crippen LogP contribution in [0.3, 0.4) is 0 Å². The van der Waals surface area contributed by atoms with Gasteiger partial charge in [0.25, 0.3) is 0 Å². The van der Waals surface area contributed by atoms with E-state index in [0.717, 1.165) is 6.21 Å². The minimum absolute atomic E-state index is 0.0732. The molecule has 0 spiro atoms. The van der Waals surface area contributed by atoms with Crippen molar-refractivity contribution >= 4 is 59.2 Å². The molecule has 2 aromatic carbocycles. The Balaban J connectivity index is 2.16. The molecule has 0 fully saturated rings. The van der Waals surface area contributed by atoms with Crippen LogP contribution in [0.4, 0.5) is 5.82 Å². The van der Waals surface area contributed by atoms with Gasteiger partial charge >= 0.3 is 0 Å². The Bertz CT molecular complexity index is 1250. The normalized spacial score (nSPS) is 13.4.